The number of hydrogen-bond acceptors (Lipinski definition) is 26. The molecule has 6 atom stereocenters. The zero-order chi connectivity index (χ0) is 77.8. The zero-order valence-electron chi connectivity index (χ0n) is 64.3. The number of rotatable bonds is 18. The van der Waals surface area contributed by atoms with Crippen molar-refractivity contribution in [3.63, 3.8) is 0 Å². The number of hydrogen-bond donors (Lipinski definition) is 2. The van der Waals surface area contributed by atoms with Gasteiger partial charge in [-0.3, -0.25) is 29.6 Å². The number of fused-ring (bicyclic) bond motifs is 9. The number of nitrogens with zero attached hydrogens (tertiary/aromatic N) is 24. The van der Waals surface area contributed by atoms with Crippen LogP contribution in [0.15, 0.2) is 172 Å². The second-order valence-electron chi connectivity index (χ2n) is 30.9. The summed E-state index contributed by atoms with van der Waals surface area (Å²) in [5.74, 6) is 4.71. The van der Waals surface area contributed by atoms with E-state index in [4.69, 9.17) is 39.1 Å². The van der Waals surface area contributed by atoms with Crippen LogP contribution in [0.3, 0.4) is 0 Å². The Labute approximate surface area is 664 Å². The van der Waals surface area contributed by atoms with Crippen molar-refractivity contribution in [3.8, 4) is 69.5 Å². The maximum Gasteiger partial charge on any atom is 0.212 e. The fourth-order valence-corrected chi connectivity index (χ4v) is 17.9. The van der Waals surface area contributed by atoms with Gasteiger partial charge in [-0.2, -0.15) is 31.1 Å². The minimum absolute atomic E-state index is 0.492. The lowest BCUT2D eigenvalue weighted by Crippen LogP contribution is -2.68. The molecule has 12 aromatic heterocycles. The first-order chi connectivity index (χ1) is 56.5. The van der Waals surface area contributed by atoms with Crippen molar-refractivity contribution in [3.05, 3.63) is 222 Å². The Kier molecular flexibility index (Phi) is 19.4. The van der Waals surface area contributed by atoms with Crippen molar-refractivity contribution in [2.75, 3.05) is 122 Å². The molecular weight excluding hydrogens is 1450 g/mol. The van der Waals surface area contributed by atoms with Gasteiger partial charge in [0.15, 0.2) is 0 Å². The highest BCUT2D eigenvalue weighted by molar-refractivity contribution is 5.89. The highest BCUT2D eigenvalue weighted by atomic mass is 16.5. The summed E-state index contributed by atoms with van der Waals surface area (Å²) in [6.45, 7) is 13.5. The molecule has 12 aliphatic rings. The summed E-state index contributed by atoms with van der Waals surface area (Å²) in [7, 11) is 7.02. The quantitative estimate of drug-likeness (QED) is 0.0813. The maximum atomic E-state index is 9.72. The van der Waals surface area contributed by atoms with Crippen LogP contribution >= 0.6 is 0 Å². The van der Waals surface area contributed by atoms with E-state index in [1.54, 1.807) is 49.0 Å². The van der Waals surface area contributed by atoms with Gasteiger partial charge in [-0.05, 0) is 107 Å². The molecule has 576 valence electrons. The number of pyridine rings is 7. The predicted octanol–water partition coefficient (Wildman–Crippen LogP) is 8.50. The van der Waals surface area contributed by atoms with Crippen molar-refractivity contribution in [2.24, 2.45) is 0 Å². The van der Waals surface area contributed by atoms with E-state index in [0.29, 0.717) is 70.6 Å². The molecule has 6 unspecified atom stereocenters. The summed E-state index contributed by atoms with van der Waals surface area (Å²) in [6, 6.07) is 32.5. The first kappa shape index (κ1) is 72.3. The van der Waals surface area contributed by atoms with Gasteiger partial charge in [0.25, 0.3) is 0 Å². The molecule has 6 bridgehead atoms. The highest BCUT2D eigenvalue weighted by Crippen LogP contribution is 2.41. The molecule has 24 rings (SSSR count). The molecule has 0 radical (unpaired) electrons. The monoisotopic (exact) mass is 1530 g/mol. The predicted molar refractivity (Wildman–Crippen MR) is 434 cm³/mol. The lowest BCUT2D eigenvalue weighted by atomic mass is 9.87. The van der Waals surface area contributed by atoms with Crippen LogP contribution in [0, 0.1) is 34.0 Å². The molecule has 12 aliphatic heterocycles. The Morgan fingerprint density at radius 3 is 1.12 bits per heavy atom. The molecule has 0 saturated carbocycles. The zero-order valence-corrected chi connectivity index (χ0v) is 64.3. The fourth-order valence-electron chi connectivity index (χ4n) is 17.9. The Balaban J connectivity index is 0.000000115. The van der Waals surface area contributed by atoms with Crippen LogP contribution in [0.4, 0.5) is 17.5 Å². The van der Waals surface area contributed by atoms with Gasteiger partial charge in [-0.15, -0.1) is 0 Å². The van der Waals surface area contributed by atoms with Crippen molar-refractivity contribution in [1.29, 1.82) is 15.8 Å². The van der Waals surface area contributed by atoms with Gasteiger partial charge in [-0.1, -0.05) is 36.4 Å². The Morgan fingerprint density at radius 2 is 0.791 bits per heavy atom. The third kappa shape index (κ3) is 14.1. The molecule has 115 heavy (non-hydrogen) atoms. The van der Waals surface area contributed by atoms with Gasteiger partial charge >= 0.3 is 0 Å². The third-order valence-corrected chi connectivity index (χ3v) is 24.0. The van der Waals surface area contributed by atoms with Crippen molar-refractivity contribution >= 4 is 50.7 Å². The number of piperidine rings is 3. The molecule has 2 N–H and O–H groups in total. The second kappa shape index (κ2) is 30.9. The number of anilines is 3. The third-order valence-electron chi connectivity index (χ3n) is 24.0. The first-order valence-electron chi connectivity index (χ1n) is 39.0. The molecule has 29 nitrogen and oxygen atoms in total. The average Bonchev–Trinajstić information content (AvgIpc) is 1.65. The molecule has 9 fully saturated rings. The van der Waals surface area contributed by atoms with Crippen LogP contribution < -0.4 is 39.5 Å². The number of piperazine rings is 3. The van der Waals surface area contributed by atoms with E-state index in [9.17, 15) is 15.8 Å². The molecule has 24 heterocycles. The van der Waals surface area contributed by atoms with Crippen molar-refractivity contribution in [1.82, 2.24) is 98.9 Å². The molecule has 0 aliphatic carbocycles. The minimum Gasteiger partial charge on any atom is -0.481 e. The van der Waals surface area contributed by atoms with Crippen LogP contribution in [0.2, 0.25) is 0 Å². The van der Waals surface area contributed by atoms with E-state index in [2.05, 4.69) is 167 Å². The normalized spacial score (nSPS) is 20.8. The molecular formula is C86H84N26O3. The van der Waals surface area contributed by atoms with Crippen LogP contribution in [-0.4, -0.2) is 231 Å². The SMILES string of the molecule is COc1ccc(CN2C3CC2CN(c2ccc(-c4cc(C5=CCNC5)cn5ncc(C#N)c45)cn2)C3)cn1.COc1ccc(CN2C3CC2CN(c2cnc(-c4cc(C5=CCN(C)C5)cn5ncc(C#N)c45)cn2)C3)cn1.COc1ccc(CN2C3CC2CN(c2cnc(-c4cc(C5=CCNC5)cn5ncc(C#N)c45)cn2)C3)cn1. The van der Waals surface area contributed by atoms with E-state index in [1.165, 1.54) is 52.7 Å². The number of ether oxygens (including phenoxy) is 3. The maximum absolute atomic E-state index is 9.72. The number of nitriles is 3. The van der Waals surface area contributed by atoms with Gasteiger partial charge in [0.05, 0.1) is 109 Å². The lowest BCUT2D eigenvalue weighted by Gasteiger charge is -2.56. The second-order valence-corrected chi connectivity index (χ2v) is 30.9. The summed E-state index contributed by atoms with van der Waals surface area (Å²) >= 11 is 0. The lowest BCUT2D eigenvalue weighted by molar-refractivity contribution is -0.00881. The Morgan fingerprint density at radius 1 is 0.400 bits per heavy atom. The van der Waals surface area contributed by atoms with E-state index >= 15 is 0 Å². The largest absolute Gasteiger partial charge is 0.481 e. The van der Waals surface area contributed by atoms with Crippen LogP contribution in [0.1, 0.15) is 69.3 Å². The van der Waals surface area contributed by atoms with E-state index in [1.807, 2.05) is 90.9 Å². The summed E-state index contributed by atoms with van der Waals surface area (Å²) in [5, 5.41) is 49.2. The Bertz CT molecular complexity index is 5610. The standard InChI is InChI=1S/C29H29N9O.C29H28N8O.C28H27N9O/c1-35-6-5-20(15-35)21-7-25(29-22(9-30)11-34-38(29)16-21)26-12-32-27(13-31-26)36-17-23-8-24(18-36)37(23)14-19-3-4-28(39-2)33-10-19;1-38-28-5-2-19(11-33-28)15-36-24-9-25(36)18-35(17-24)27-4-3-21(13-32-27)26-8-22(20-6-7-31-12-20)16-37-29(26)23(10-30)14-34-37;1-38-27-3-2-18(9-33-27)14-36-22-7-23(36)17-35(16-22)26-13-31-25(12-32-26)24-6-20(19-4-5-30-10-19)15-37-28(24)21(8-29)11-34-37/h3-5,7,10-13,16,23-24H,6,8,14-15,17-18H2,1-2H3;2-6,8,11,13-14,16,24-25,31H,7,9,12,15,17-18H2,1H3;2-4,6,9,11-13,15,22-23,30H,5,7,10,14,16-17H2,1H3. The van der Waals surface area contributed by atoms with E-state index in [-0.39, 0.29) is 0 Å². The minimum atomic E-state index is 0.492. The van der Waals surface area contributed by atoms with Crippen LogP contribution in [0.25, 0.3) is 66.9 Å². The van der Waals surface area contributed by atoms with Crippen molar-refractivity contribution < 1.29 is 14.2 Å². The summed E-state index contributed by atoms with van der Waals surface area (Å²) in [4.78, 5) is 54.2. The average molecular weight is 1530 g/mol. The Hall–Kier alpha value is -12.9. The van der Waals surface area contributed by atoms with E-state index in [0.717, 1.165) is 183 Å². The molecule has 9 saturated heterocycles. The van der Waals surface area contributed by atoms with Crippen LogP contribution in [0.5, 0.6) is 17.6 Å². The molecule has 0 spiro atoms. The fraction of sp³-hybridized carbons (Fsp3) is 0.326. The number of likely N-dealkylation sites (N-methyl/N-ethyl adjacent to an activating group) is 1. The van der Waals surface area contributed by atoms with Gasteiger partial charge in [0, 0.05) is 218 Å². The molecule has 0 aromatic carbocycles. The van der Waals surface area contributed by atoms with Gasteiger partial charge in [0.2, 0.25) is 17.6 Å². The summed E-state index contributed by atoms with van der Waals surface area (Å²) < 4.78 is 20.9. The topological polar surface area (TPSA) is 301 Å². The van der Waals surface area contributed by atoms with Gasteiger partial charge < -0.3 is 39.5 Å². The number of nitrogens with one attached hydrogen (secondary N) is 2. The molecule has 12 aromatic rings. The first-order valence-corrected chi connectivity index (χ1v) is 39.0. The van der Waals surface area contributed by atoms with E-state index < -0.39 is 0 Å². The van der Waals surface area contributed by atoms with Crippen molar-refractivity contribution in [2.45, 2.75) is 75.1 Å². The summed E-state index contributed by atoms with van der Waals surface area (Å²) in [5.41, 5.74) is 19.7. The van der Waals surface area contributed by atoms with Gasteiger partial charge in [-0.25, -0.2) is 43.5 Å². The molecule has 29 heteroatoms. The summed E-state index contributed by atoms with van der Waals surface area (Å²) in [6.07, 6.45) is 36.2. The number of aromatic nitrogens is 14. The number of methoxy groups -OCH3 is 3. The molecule has 0 amide bonds. The highest BCUT2D eigenvalue weighted by Gasteiger charge is 2.47. The van der Waals surface area contributed by atoms with Gasteiger partial charge in [0.1, 0.15) is 35.7 Å². The smallest absolute Gasteiger partial charge is 0.212 e. The van der Waals surface area contributed by atoms with Crippen LogP contribution in [-0.2, 0) is 19.6 Å².